The molecule has 0 aromatic heterocycles. The molecule has 0 atom stereocenters. The van der Waals surface area contributed by atoms with Crippen molar-refractivity contribution in [1.82, 2.24) is 5.32 Å². The van der Waals surface area contributed by atoms with Crippen LogP contribution in [0.25, 0.3) is 0 Å². The maximum absolute atomic E-state index is 12.0. The molecule has 0 unspecified atom stereocenters. The van der Waals surface area contributed by atoms with Gasteiger partial charge in [-0.1, -0.05) is 6.85 Å². The van der Waals surface area contributed by atoms with Crippen LogP contribution in [0.15, 0.2) is 0 Å². The molecule has 0 saturated heterocycles. The molecule has 6 heteroatoms. The molecule has 1 N–H and O–H groups in total. The van der Waals surface area contributed by atoms with Gasteiger partial charge in [-0.15, -0.1) is 0 Å². The van der Waals surface area contributed by atoms with E-state index in [2.05, 4.69) is 5.32 Å². The summed E-state index contributed by atoms with van der Waals surface area (Å²) in [6.07, 6.45) is -0.906. The van der Waals surface area contributed by atoms with Gasteiger partial charge in [-0.2, -0.15) is 0 Å². The summed E-state index contributed by atoms with van der Waals surface area (Å²) in [4.78, 5) is 35.3. The molecule has 98 valence electrons. The van der Waals surface area contributed by atoms with Crippen LogP contribution in [-0.2, 0) is 23.9 Å². The first-order valence-electron chi connectivity index (χ1n) is 6.72. The van der Waals surface area contributed by atoms with Gasteiger partial charge in [0.2, 0.25) is 11.4 Å². The zero-order valence-electron chi connectivity index (χ0n) is 13.2. The summed E-state index contributed by atoms with van der Waals surface area (Å²) in [5, 5.41) is 2.07. The Kier molecular flexibility index (Phi) is 4.27. The van der Waals surface area contributed by atoms with Crippen LogP contribution < -0.4 is 5.32 Å². The molecule has 0 aliphatic carbocycles. The Balaban J connectivity index is 5.68. The van der Waals surface area contributed by atoms with Crippen molar-refractivity contribution in [2.75, 3.05) is 13.2 Å². The summed E-state index contributed by atoms with van der Waals surface area (Å²) in [5.41, 5.74) is -2.36. The summed E-state index contributed by atoms with van der Waals surface area (Å²) in [6, 6.07) is 0. The average Bonchev–Trinajstić information content (AvgIpc) is 2.25. The van der Waals surface area contributed by atoms with E-state index in [0.29, 0.717) is 0 Å². The lowest BCUT2D eigenvalue weighted by Gasteiger charge is -2.28. The number of nitrogens with one attached hydrogen (secondary N) is 1. The molecule has 0 aliphatic heterocycles. The number of hydrogen-bond donors (Lipinski definition) is 1. The molecule has 0 radical (unpaired) electrons. The molecule has 0 aliphatic rings. The van der Waals surface area contributed by atoms with Gasteiger partial charge in [-0.25, -0.2) is 9.59 Å². The van der Waals surface area contributed by atoms with Gasteiger partial charge < -0.3 is 14.8 Å². The third kappa shape index (κ3) is 3.72. The molecular weight excluding hydrogens is 226 g/mol. The van der Waals surface area contributed by atoms with Crippen LogP contribution in [0.3, 0.4) is 0 Å². The smallest absolute Gasteiger partial charge is 0.343 e. The van der Waals surface area contributed by atoms with E-state index < -0.39 is 36.7 Å². The predicted molar refractivity (Wildman–Crippen MR) is 60.1 cm³/mol. The Morgan fingerprint density at radius 3 is 1.94 bits per heavy atom. The number of amides is 1. The van der Waals surface area contributed by atoms with E-state index >= 15 is 0 Å². The van der Waals surface area contributed by atoms with Crippen molar-refractivity contribution in [2.24, 2.45) is 0 Å². The minimum atomic E-state index is -2.64. The summed E-state index contributed by atoms with van der Waals surface area (Å²) in [6.45, 7) is 1.28. The van der Waals surface area contributed by atoms with Crippen LogP contribution >= 0.6 is 0 Å². The fraction of sp³-hybridized carbons (Fsp3) is 0.727. The molecule has 0 rings (SSSR count). The zero-order chi connectivity index (χ0) is 16.0. The molecule has 0 spiro atoms. The minimum absolute atomic E-state index is 0.0689. The van der Waals surface area contributed by atoms with Crippen molar-refractivity contribution < 1.29 is 28.0 Å². The van der Waals surface area contributed by atoms with E-state index in [1.807, 2.05) is 0 Å². The van der Waals surface area contributed by atoms with E-state index in [-0.39, 0.29) is 13.2 Å². The van der Waals surface area contributed by atoms with Gasteiger partial charge in [0.05, 0.1) is 13.2 Å². The first-order valence-corrected chi connectivity index (χ1v) is 5.22. The SMILES string of the molecule is [2H]C([2H])([2H])CC(NC(C)=O)(C(=O)OCC)C(=O)OCC. The van der Waals surface area contributed by atoms with Crippen LogP contribution in [0.5, 0.6) is 0 Å². The molecule has 17 heavy (non-hydrogen) atoms. The number of rotatable bonds is 6. The molecule has 0 fully saturated rings. The highest BCUT2D eigenvalue weighted by Crippen LogP contribution is 2.15. The standard InChI is InChI=1S/C11H19NO5/c1-5-11(12-8(4)13,9(14)16-6-2)10(15)17-7-3/h5-7H2,1-4H3,(H,12,13)/i1D3. The quantitative estimate of drug-likeness (QED) is 0.543. The van der Waals surface area contributed by atoms with Gasteiger partial charge in [0, 0.05) is 11.0 Å². The zero-order valence-corrected chi connectivity index (χ0v) is 10.2. The van der Waals surface area contributed by atoms with Crippen molar-refractivity contribution in [2.45, 2.75) is 39.6 Å². The summed E-state index contributed by atoms with van der Waals surface area (Å²) in [5.74, 6) is -3.04. The van der Waals surface area contributed by atoms with Crippen LogP contribution in [0.1, 0.15) is 38.2 Å². The monoisotopic (exact) mass is 248 g/mol. The van der Waals surface area contributed by atoms with E-state index in [0.717, 1.165) is 6.92 Å². The van der Waals surface area contributed by atoms with Gasteiger partial charge in [0.15, 0.2) is 0 Å². The van der Waals surface area contributed by atoms with E-state index in [1.165, 1.54) is 13.8 Å². The first kappa shape index (κ1) is 10.6. The van der Waals surface area contributed by atoms with Gasteiger partial charge in [-0.05, 0) is 20.3 Å². The highest BCUT2D eigenvalue weighted by Gasteiger charge is 2.48. The van der Waals surface area contributed by atoms with E-state index in [9.17, 15) is 14.4 Å². The van der Waals surface area contributed by atoms with Crippen LogP contribution in [-0.4, -0.2) is 36.6 Å². The van der Waals surface area contributed by atoms with Crippen molar-refractivity contribution in [3.8, 4) is 0 Å². The third-order valence-electron chi connectivity index (χ3n) is 1.90. The van der Waals surface area contributed by atoms with E-state index in [4.69, 9.17) is 13.6 Å². The number of esters is 2. The summed E-state index contributed by atoms with van der Waals surface area (Å²) in [7, 11) is 0. The molecule has 0 bridgehead atoms. The second kappa shape index (κ2) is 6.88. The fourth-order valence-corrected chi connectivity index (χ4v) is 1.18. The third-order valence-corrected chi connectivity index (χ3v) is 1.90. The van der Waals surface area contributed by atoms with Crippen molar-refractivity contribution >= 4 is 17.8 Å². The maximum atomic E-state index is 12.0. The Labute approximate surface area is 105 Å². The first-order chi connectivity index (χ1) is 9.09. The van der Waals surface area contributed by atoms with Gasteiger partial charge >= 0.3 is 11.9 Å². The molecule has 0 aromatic rings. The topological polar surface area (TPSA) is 81.7 Å². The number of hydrogen-bond acceptors (Lipinski definition) is 5. The molecule has 1 amide bonds. The van der Waals surface area contributed by atoms with Crippen LogP contribution in [0.2, 0.25) is 0 Å². The molecular formula is C11H19NO5. The lowest BCUT2D eigenvalue weighted by Crippen LogP contribution is -2.60. The summed E-state index contributed by atoms with van der Waals surface area (Å²) < 4.78 is 31.2. The van der Waals surface area contributed by atoms with Crippen LogP contribution in [0, 0.1) is 0 Å². The summed E-state index contributed by atoms with van der Waals surface area (Å²) >= 11 is 0. The molecule has 6 nitrogen and oxygen atoms in total. The van der Waals surface area contributed by atoms with Gasteiger partial charge in [0.1, 0.15) is 0 Å². The Morgan fingerprint density at radius 2 is 1.65 bits per heavy atom. The van der Waals surface area contributed by atoms with Crippen molar-refractivity contribution in [1.29, 1.82) is 0 Å². The largest absolute Gasteiger partial charge is 0.464 e. The Hall–Kier alpha value is -1.59. The van der Waals surface area contributed by atoms with Crippen molar-refractivity contribution in [3.05, 3.63) is 0 Å². The average molecular weight is 248 g/mol. The van der Waals surface area contributed by atoms with Crippen molar-refractivity contribution in [3.63, 3.8) is 0 Å². The highest BCUT2D eigenvalue weighted by atomic mass is 16.6. The number of carbonyl (C=O) groups is 3. The highest BCUT2D eigenvalue weighted by molar-refractivity contribution is 6.07. The second-order valence-electron chi connectivity index (χ2n) is 3.20. The maximum Gasteiger partial charge on any atom is 0.343 e. The normalized spacial score (nSPS) is 13.9. The van der Waals surface area contributed by atoms with Gasteiger partial charge in [-0.3, -0.25) is 4.79 Å². The fourth-order valence-electron chi connectivity index (χ4n) is 1.18. The Bertz CT molecular complexity index is 363. The lowest BCUT2D eigenvalue weighted by atomic mass is 9.96. The van der Waals surface area contributed by atoms with Crippen LogP contribution in [0.4, 0.5) is 0 Å². The molecule has 0 aromatic carbocycles. The molecule has 0 saturated carbocycles. The predicted octanol–water partition coefficient (Wildman–Crippen LogP) is 0.397. The second-order valence-corrected chi connectivity index (χ2v) is 3.20. The van der Waals surface area contributed by atoms with E-state index in [1.54, 1.807) is 0 Å². The number of ether oxygens (including phenoxy) is 2. The number of carbonyl (C=O) groups excluding carboxylic acids is 3. The minimum Gasteiger partial charge on any atom is -0.464 e. The molecule has 0 heterocycles. The lowest BCUT2D eigenvalue weighted by molar-refractivity contribution is -0.168. The Morgan fingerprint density at radius 1 is 1.18 bits per heavy atom. The van der Waals surface area contributed by atoms with Gasteiger partial charge in [0.25, 0.3) is 0 Å².